The Kier molecular flexibility index (Phi) is 5.45. The van der Waals surface area contributed by atoms with Gasteiger partial charge in [-0.25, -0.2) is 0 Å². The van der Waals surface area contributed by atoms with E-state index in [9.17, 15) is 14.7 Å². The Morgan fingerprint density at radius 1 is 0.824 bits per heavy atom. The first kappa shape index (κ1) is 25.0. The summed E-state index contributed by atoms with van der Waals surface area (Å²) in [5, 5.41) is 10.1. The second kappa shape index (κ2) is 7.42. The van der Waals surface area contributed by atoms with E-state index in [-0.39, 0.29) is 45.0 Å². The van der Waals surface area contributed by atoms with Gasteiger partial charge in [0.1, 0.15) is 11.6 Å². The first-order valence-corrected chi connectivity index (χ1v) is 14.3. The minimum Gasteiger partial charge on any atom is -0.396 e. The van der Waals surface area contributed by atoms with Crippen molar-refractivity contribution in [1.29, 1.82) is 0 Å². The van der Waals surface area contributed by atoms with Gasteiger partial charge in [0, 0.05) is 30.8 Å². The highest BCUT2D eigenvalue weighted by atomic mass is 16.3. The fourth-order valence-corrected chi connectivity index (χ4v) is 11.3. The van der Waals surface area contributed by atoms with Crippen LogP contribution in [-0.4, -0.2) is 23.3 Å². The van der Waals surface area contributed by atoms with Crippen LogP contribution in [0.5, 0.6) is 0 Å². The average molecular weight is 471 g/mol. The zero-order valence-corrected chi connectivity index (χ0v) is 23.1. The van der Waals surface area contributed by atoms with Crippen molar-refractivity contribution >= 4 is 11.6 Å². The average Bonchev–Trinajstić information content (AvgIpc) is 2.74. The first-order valence-electron chi connectivity index (χ1n) is 14.3. The van der Waals surface area contributed by atoms with Crippen LogP contribution >= 0.6 is 0 Å². The molecule has 0 saturated heterocycles. The van der Waals surface area contributed by atoms with Gasteiger partial charge in [0.2, 0.25) is 0 Å². The predicted octanol–water partition coefficient (Wildman–Crippen LogP) is 7.00. The van der Waals surface area contributed by atoms with Crippen LogP contribution in [0, 0.1) is 56.2 Å². The fourth-order valence-electron chi connectivity index (χ4n) is 11.3. The summed E-state index contributed by atoms with van der Waals surface area (Å²) in [6.45, 7) is 16.9. The molecule has 1 N–H and O–H groups in total. The summed E-state index contributed by atoms with van der Waals surface area (Å²) in [6.07, 6.45) is 11.3. The molecule has 5 fully saturated rings. The summed E-state index contributed by atoms with van der Waals surface area (Å²) < 4.78 is 0. The third kappa shape index (κ3) is 3.04. The Labute approximate surface area is 208 Å². The monoisotopic (exact) mass is 470 g/mol. The third-order valence-corrected chi connectivity index (χ3v) is 13.6. The molecule has 8 atom stereocenters. The van der Waals surface area contributed by atoms with E-state index in [0.29, 0.717) is 42.2 Å². The molecule has 0 bridgehead atoms. The van der Waals surface area contributed by atoms with Crippen molar-refractivity contribution in [3.8, 4) is 0 Å². The van der Waals surface area contributed by atoms with Gasteiger partial charge >= 0.3 is 0 Å². The lowest BCUT2D eigenvalue weighted by Crippen LogP contribution is -2.69. The lowest BCUT2D eigenvalue weighted by atomic mass is 9.31. The summed E-state index contributed by atoms with van der Waals surface area (Å²) in [7, 11) is 0. The van der Waals surface area contributed by atoms with E-state index in [0.717, 1.165) is 38.5 Å². The molecule has 0 amide bonds. The molecular formula is C31H50O3. The maximum Gasteiger partial charge on any atom is 0.138 e. The van der Waals surface area contributed by atoms with Gasteiger partial charge < -0.3 is 5.11 Å². The number of hydrogen-bond donors (Lipinski definition) is 1. The third-order valence-electron chi connectivity index (χ3n) is 13.6. The number of aliphatic hydroxyl groups is 1. The highest BCUT2D eigenvalue weighted by Gasteiger charge is 2.71. The Morgan fingerprint density at radius 3 is 2.18 bits per heavy atom. The fraction of sp³-hybridized carbons (Fsp3) is 0.935. The van der Waals surface area contributed by atoms with Crippen LogP contribution in [0.25, 0.3) is 0 Å². The molecule has 0 aromatic heterocycles. The normalized spacial score (nSPS) is 51.6. The molecule has 0 spiro atoms. The molecule has 3 heteroatoms. The largest absolute Gasteiger partial charge is 0.396 e. The van der Waals surface area contributed by atoms with Crippen LogP contribution in [0.15, 0.2) is 0 Å². The van der Waals surface area contributed by atoms with E-state index in [1.165, 1.54) is 19.3 Å². The molecule has 0 unspecified atom stereocenters. The Balaban J connectivity index is 1.58. The standard InChI is InChI=1S/C31H50O3/c1-26(2)12-14-31(16-17-32)15-13-30(7)25(20(31)19-26)21(33)18-23-28(5)10-9-24(34)27(3,4)22(28)8-11-29(23,30)6/h20,22-23,25,32H,8-19H2,1-7H3/t20-,22-,23+,25-,28-,29+,30+,31+/m0/s1. The summed E-state index contributed by atoms with van der Waals surface area (Å²) in [5.74, 6) is 2.25. The molecule has 0 heterocycles. The molecule has 0 aliphatic heterocycles. The SMILES string of the molecule is CC1(C)CC[C@]2(CCO)CC[C@]3(C)[C@H](C(=O)C[C@@H]4[C@@]5(C)CCC(=O)C(C)(C)[C@@H]5CC[C@]43C)[C@@H]2C1. The van der Waals surface area contributed by atoms with Gasteiger partial charge in [0.05, 0.1) is 0 Å². The van der Waals surface area contributed by atoms with E-state index in [1.54, 1.807) is 0 Å². The molecule has 0 radical (unpaired) electrons. The zero-order valence-electron chi connectivity index (χ0n) is 23.1. The van der Waals surface area contributed by atoms with E-state index >= 15 is 0 Å². The number of hydrogen-bond acceptors (Lipinski definition) is 3. The number of fused-ring (bicyclic) bond motifs is 7. The smallest absolute Gasteiger partial charge is 0.138 e. The Hall–Kier alpha value is -0.700. The maximum absolute atomic E-state index is 14.4. The van der Waals surface area contributed by atoms with Crippen molar-refractivity contribution < 1.29 is 14.7 Å². The quantitative estimate of drug-likeness (QED) is 0.473. The lowest BCUT2D eigenvalue weighted by molar-refractivity contribution is -0.235. The van der Waals surface area contributed by atoms with Crippen LogP contribution in [-0.2, 0) is 9.59 Å². The number of ketones is 2. The van der Waals surface area contributed by atoms with Gasteiger partial charge in [-0.2, -0.15) is 0 Å². The second-order valence-corrected chi connectivity index (χ2v) is 15.6. The van der Waals surface area contributed by atoms with Crippen LogP contribution in [0.4, 0.5) is 0 Å². The van der Waals surface area contributed by atoms with Crippen LogP contribution < -0.4 is 0 Å². The number of aliphatic hydroxyl groups excluding tert-OH is 1. The van der Waals surface area contributed by atoms with Crippen LogP contribution in [0.1, 0.15) is 119 Å². The van der Waals surface area contributed by atoms with Gasteiger partial charge in [-0.1, -0.05) is 48.5 Å². The van der Waals surface area contributed by atoms with E-state index in [4.69, 9.17) is 0 Å². The van der Waals surface area contributed by atoms with Crippen molar-refractivity contribution in [2.24, 2.45) is 56.2 Å². The van der Waals surface area contributed by atoms with Crippen molar-refractivity contribution in [3.63, 3.8) is 0 Å². The summed E-state index contributed by atoms with van der Waals surface area (Å²) in [4.78, 5) is 27.3. The zero-order chi connectivity index (χ0) is 24.9. The van der Waals surface area contributed by atoms with Gasteiger partial charge in [0.15, 0.2) is 0 Å². The maximum atomic E-state index is 14.4. The number of Topliss-reactive ketones (excluding diaryl/α,β-unsaturated/α-hetero) is 2. The van der Waals surface area contributed by atoms with Crippen molar-refractivity contribution in [3.05, 3.63) is 0 Å². The van der Waals surface area contributed by atoms with E-state index in [1.807, 2.05) is 0 Å². The van der Waals surface area contributed by atoms with Gasteiger partial charge in [-0.05, 0) is 103 Å². The molecule has 5 rings (SSSR count). The molecule has 0 aromatic rings. The lowest BCUT2D eigenvalue weighted by Gasteiger charge is -2.72. The summed E-state index contributed by atoms with van der Waals surface area (Å²) >= 11 is 0. The molecule has 5 aliphatic carbocycles. The molecule has 192 valence electrons. The summed E-state index contributed by atoms with van der Waals surface area (Å²) in [6, 6.07) is 0. The van der Waals surface area contributed by atoms with Crippen molar-refractivity contribution in [1.82, 2.24) is 0 Å². The van der Waals surface area contributed by atoms with E-state index < -0.39 is 0 Å². The highest BCUT2D eigenvalue weighted by molar-refractivity contribution is 5.86. The second-order valence-electron chi connectivity index (χ2n) is 15.6. The Bertz CT molecular complexity index is 887. The minimum atomic E-state index is -0.272. The number of rotatable bonds is 2. The number of carbonyl (C=O) groups excluding carboxylic acids is 2. The predicted molar refractivity (Wildman–Crippen MR) is 136 cm³/mol. The van der Waals surface area contributed by atoms with Crippen molar-refractivity contribution in [2.45, 2.75) is 119 Å². The van der Waals surface area contributed by atoms with Gasteiger partial charge in [-0.3, -0.25) is 9.59 Å². The molecular weight excluding hydrogens is 420 g/mol. The van der Waals surface area contributed by atoms with Gasteiger partial charge in [-0.15, -0.1) is 0 Å². The Morgan fingerprint density at radius 2 is 1.50 bits per heavy atom. The number of carbonyl (C=O) groups is 2. The summed E-state index contributed by atoms with van der Waals surface area (Å²) in [5.41, 5.74) is 0.375. The van der Waals surface area contributed by atoms with Crippen molar-refractivity contribution in [2.75, 3.05) is 6.61 Å². The molecule has 5 aliphatic rings. The first-order chi connectivity index (χ1) is 15.7. The molecule has 0 aromatic carbocycles. The van der Waals surface area contributed by atoms with E-state index in [2.05, 4.69) is 48.5 Å². The van der Waals surface area contributed by atoms with Crippen LogP contribution in [0.3, 0.4) is 0 Å². The minimum absolute atomic E-state index is 0.0175. The highest BCUT2D eigenvalue weighted by Crippen LogP contribution is 2.76. The topological polar surface area (TPSA) is 54.4 Å². The van der Waals surface area contributed by atoms with Gasteiger partial charge in [0.25, 0.3) is 0 Å². The van der Waals surface area contributed by atoms with Crippen LogP contribution in [0.2, 0.25) is 0 Å². The molecule has 34 heavy (non-hydrogen) atoms. The molecule has 3 nitrogen and oxygen atoms in total. The molecule has 5 saturated carbocycles.